The SMILES string of the molecule is O=C(NCC1(C(=O)O)CCOCC1)c1cnn(-c2ccc(F)cc2)n1. The zero-order valence-corrected chi connectivity index (χ0v) is 13.3. The average molecular weight is 348 g/mol. The number of benzene rings is 1. The van der Waals surface area contributed by atoms with Gasteiger partial charge in [-0.15, -0.1) is 5.10 Å². The lowest BCUT2D eigenvalue weighted by Gasteiger charge is -2.32. The first-order chi connectivity index (χ1) is 12.0. The molecule has 1 aliphatic rings. The van der Waals surface area contributed by atoms with E-state index in [4.69, 9.17) is 4.74 Å². The third-order valence-electron chi connectivity index (χ3n) is 4.27. The molecule has 25 heavy (non-hydrogen) atoms. The maximum absolute atomic E-state index is 12.9. The minimum absolute atomic E-state index is 0.00602. The Morgan fingerprint density at radius 2 is 1.96 bits per heavy atom. The van der Waals surface area contributed by atoms with Gasteiger partial charge in [-0.05, 0) is 37.1 Å². The van der Waals surface area contributed by atoms with E-state index in [1.165, 1.54) is 35.3 Å². The molecule has 2 aromatic rings. The van der Waals surface area contributed by atoms with E-state index in [1.54, 1.807) is 0 Å². The normalized spacial score (nSPS) is 16.4. The van der Waals surface area contributed by atoms with Crippen molar-refractivity contribution < 1.29 is 23.8 Å². The van der Waals surface area contributed by atoms with Crippen molar-refractivity contribution in [1.29, 1.82) is 0 Å². The van der Waals surface area contributed by atoms with Gasteiger partial charge in [-0.1, -0.05) is 0 Å². The summed E-state index contributed by atoms with van der Waals surface area (Å²) in [4.78, 5) is 25.0. The minimum Gasteiger partial charge on any atom is -0.481 e. The first-order valence-corrected chi connectivity index (χ1v) is 7.78. The molecule has 0 aliphatic carbocycles. The molecule has 1 aliphatic heterocycles. The van der Waals surface area contributed by atoms with E-state index in [2.05, 4.69) is 15.5 Å². The highest BCUT2D eigenvalue weighted by Crippen LogP contribution is 2.30. The standard InChI is InChI=1S/C16H17FN4O4/c17-11-1-3-12(4-2-11)21-19-9-13(20-21)14(22)18-10-16(15(23)24)5-7-25-8-6-16/h1-4,9H,5-8,10H2,(H,18,22)(H,23,24). The summed E-state index contributed by atoms with van der Waals surface area (Å²) in [5.41, 5.74) is -0.468. The first-order valence-electron chi connectivity index (χ1n) is 7.78. The summed E-state index contributed by atoms with van der Waals surface area (Å²) in [6.07, 6.45) is 1.95. The van der Waals surface area contributed by atoms with Crippen LogP contribution in [0.5, 0.6) is 0 Å². The van der Waals surface area contributed by atoms with Crippen LogP contribution in [0.1, 0.15) is 23.3 Å². The summed E-state index contributed by atoms with van der Waals surface area (Å²) in [5.74, 6) is -1.85. The van der Waals surface area contributed by atoms with Crippen molar-refractivity contribution in [1.82, 2.24) is 20.3 Å². The molecule has 8 nitrogen and oxygen atoms in total. The van der Waals surface area contributed by atoms with Crippen LogP contribution >= 0.6 is 0 Å². The van der Waals surface area contributed by atoms with E-state index < -0.39 is 17.3 Å². The topological polar surface area (TPSA) is 106 Å². The van der Waals surface area contributed by atoms with Crippen LogP contribution in [-0.2, 0) is 9.53 Å². The summed E-state index contributed by atoms with van der Waals surface area (Å²) in [6, 6.07) is 5.50. The summed E-state index contributed by atoms with van der Waals surface area (Å²) >= 11 is 0. The van der Waals surface area contributed by atoms with Crippen LogP contribution in [0.2, 0.25) is 0 Å². The van der Waals surface area contributed by atoms with Crippen molar-refractivity contribution in [2.24, 2.45) is 5.41 Å². The Morgan fingerprint density at radius 1 is 1.28 bits per heavy atom. The minimum atomic E-state index is -1.03. The molecule has 0 atom stereocenters. The fourth-order valence-corrected chi connectivity index (χ4v) is 2.63. The highest BCUT2D eigenvalue weighted by molar-refractivity contribution is 5.92. The maximum atomic E-state index is 12.9. The van der Waals surface area contributed by atoms with E-state index in [0.29, 0.717) is 31.7 Å². The number of aliphatic carboxylic acids is 1. The molecule has 2 N–H and O–H groups in total. The van der Waals surface area contributed by atoms with Gasteiger partial charge >= 0.3 is 5.97 Å². The number of rotatable bonds is 5. The zero-order chi connectivity index (χ0) is 17.9. The molecule has 1 aromatic heterocycles. The molecule has 3 rings (SSSR count). The largest absolute Gasteiger partial charge is 0.481 e. The van der Waals surface area contributed by atoms with Gasteiger partial charge in [0.05, 0.1) is 17.3 Å². The number of hydrogen-bond acceptors (Lipinski definition) is 5. The van der Waals surface area contributed by atoms with Crippen LogP contribution in [-0.4, -0.2) is 51.7 Å². The van der Waals surface area contributed by atoms with E-state index in [0.717, 1.165) is 0 Å². The van der Waals surface area contributed by atoms with Crippen LogP contribution < -0.4 is 5.32 Å². The van der Waals surface area contributed by atoms with Crippen molar-refractivity contribution in [3.63, 3.8) is 0 Å². The molecule has 132 valence electrons. The quantitative estimate of drug-likeness (QED) is 0.835. The molecule has 9 heteroatoms. The van der Waals surface area contributed by atoms with Crippen molar-refractivity contribution in [3.8, 4) is 5.69 Å². The number of amides is 1. The monoisotopic (exact) mass is 348 g/mol. The third kappa shape index (κ3) is 3.66. The lowest BCUT2D eigenvalue weighted by molar-refractivity contribution is -0.154. The Hall–Kier alpha value is -2.81. The Morgan fingerprint density at radius 3 is 2.60 bits per heavy atom. The molecule has 2 heterocycles. The van der Waals surface area contributed by atoms with E-state index in [-0.39, 0.29) is 18.1 Å². The lowest BCUT2D eigenvalue weighted by Crippen LogP contribution is -2.46. The molecular formula is C16H17FN4O4. The fraction of sp³-hybridized carbons (Fsp3) is 0.375. The van der Waals surface area contributed by atoms with Crippen molar-refractivity contribution in [2.45, 2.75) is 12.8 Å². The summed E-state index contributed by atoms with van der Waals surface area (Å²) in [6.45, 7) is 0.694. The third-order valence-corrected chi connectivity index (χ3v) is 4.27. The van der Waals surface area contributed by atoms with E-state index in [1.807, 2.05) is 0 Å². The molecule has 0 saturated carbocycles. The molecular weight excluding hydrogens is 331 g/mol. The summed E-state index contributed by atoms with van der Waals surface area (Å²) < 4.78 is 18.1. The van der Waals surface area contributed by atoms with Crippen molar-refractivity contribution in [3.05, 3.63) is 42.0 Å². The molecule has 0 spiro atoms. The molecule has 1 saturated heterocycles. The fourth-order valence-electron chi connectivity index (χ4n) is 2.63. The average Bonchev–Trinajstić information content (AvgIpc) is 3.11. The number of carbonyl (C=O) groups excluding carboxylic acids is 1. The Kier molecular flexibility index (Phi) is 4.75. The number of hydrogen-bond donors (Lipinski definition) is 2. The maximum Gasteiger partial charge on any atom is 0.311 e. The second-order valence-corrected chi connectivity index (χ2v) is 5.88. The summed E-state index contributed by atoms with van der Waals surface area (Å²) in [7, 11) is 0. The van der Waals surface area contributed by atoms with Crippen LogP contribution in [0.4, 0.5) is 4.39 Å². The van der Waals surface area contributed by atoms with Gasteiger partial charge in [-0.2, -0.15) is 9.90 Å². The second kappa shape index (κ2) is 6.98. The Balaban J connectivity index is 1.67. The number of carboxylic acids is 1. The van der Waals surface area contributed by atoms with Gasteiger partial charge in [0.1, 0.15) is 5.82 Å². The van der Waals surface area contributed by atoms with Crippen molar-refractivity contribution >= 4 is 11.9 Å². The smallest absolute Gasteiger partial charge is 0.311 e. The predicted molar refractivity (Wildman–Crippen MR) is 83.8 cm³/mol. The van der Waals surface area contributed by atoms with E-state index in [9.17, 15) is 19.1 Å². The Bertz CT molecular complexity index is 769. The van der Waals surface area contributed by atoms with Crippen LogP contribution in [0.25, 0.3) is 5.69 Å². The number of halogens is 1. The summed E-state index contributed by atoms with van der Waals surface area (Å²) in [5, 5.41) is 20.1. The van der Waals surface area contributed by atoms with Gasteiger partial charge in [0.25, 0.3) is 5.91 Å². The van der Waals surface area contributed by atoms with Crippen LogP contribution in [0.3, 0.4) is 0 Å². The predicted octanol–water partition coefficient (Wildman–Crippen LogP) is 1.02. The molecule has 1 aromatic carbocycles. The molecule has 0 radical (unpaired) electrons. The highest BCUT2D eigenvalue weighted by atomic mass is 19.1. The van der Waals surface area contributed by atoms with Gasteiger partial charge in [0.2, 0.25) is 0 Å². The van der Waals surface area contributed by atoms with Gasteiger partial charge in [-0.25, -0.2) is 4.39 Å². The van der Waals surface area contributed by atoms with Crippen LogP contribution in [0.15, 0.2) is 30.5 Å². The number of nitrogens with one attached hydrogen (secondary N) is 1. The number of aromatic nitrogens is 3. The molecule has 1 amide bonds. The molecule has 0 unspecified atom stereocenters. The number of ether oxygens (including phenoxy) is 1. The lowest BCUT2D eigenvalue weighted by atomic mass is 9.80. The van der Waals surface area contributed by atoms with E-state index >= 15 is 0 Å². The van der Waals surface area contributed by atoms with Crippen molar-refractivity contribution in [2.75, 3.05) is 19.8 Å². The number of carboxylic acid groups (broad SMARTS) is 1. The number of carbonyl (C=O) groups is 2. The Labute approximate surface area is 142 Å². The zero-order valence-electron chi connectivity index (χ0n) is 13.3. The van der Waals surface area contributed by atoms with Crippen LogP contribution in [0, 0.1) is 11.2 Å². The first kappa shape index (κ1) is 17.0. The highest BCUT2D eigenvalue weighted by Gasteiger charge is 2.40. The van der Waals surface area contributed by atoms with Gasteiger partial charge < -0.3 is 15.2 Å². The van der Waals surface area contributed by atoms with Gasteiger partial charge in [0.15, 0.2) is 5.69 Å². The second-order valence-electron chi connectivity index (χ2n) is 5.88. The molecule has 1 fully saturated rings. The molecule has 0 bridgehead atoms. The van der Waals surface area contributed by atoms with Gasteiger partial charge in [-0.3, -0.25) is 9.59 Å². The van der Waals surface area contributed by atoms with Gasteiger partial charge in [0, 0.05) is 19.8 Å². The number of nitrogens with zero attached hydrogens (tertiary/aromatic N) is 3.